The van der Waals surface area contributed by atoms with Crippen molar-refractivity contribution in [2.45, 2.75) is 6.54 Å². The van der Waals surface area contributed by atoms with Crippen LogP contribution in [0.15, 0.2) is 47.1 Å². The van der Waals surface area contributed by atoms with Crippen molar-refractivity contribution in [3.05, 3.63) is 52.8 Å². The van der Waals surface area contributed by atoms with Crippen LogP contribution in [0.1, 0.15) is 5.69 Å². The van der Waals surface area contributed by atoms with Gasteiger partial charge >= 0.3 is 0 Å². The van der Waals surface area contributed by atoms with Crippen LogP contribution < -0.4 is 5.32 Å². The fraction of sp³-hybridized carbons (Fsp3) is 0.0909. The third-order valence-corrected chi connectivity index (χ3v) is 2.46. The Balaban J connectivity index is 1.98. The van der Waals surface area contributed by atoms with Crippen LogP contribution in [-0.4, -0.2) is 4.98 Å². The molecule has 14 heavy (non-hydrogen) atoms. The van der Waals surface area contributed by atoms with Crippen molar-refractivity contribution < 1.29 is 0 Å². The van der Waals surface area contributed by atoms with Gasteiger partial charge in [-0.3, -0.25) is 0 Å². The van der Waals surface area contributed by atoms with Crippen molar-refractivity contribution >= 4 is 21.6 Å². The third kappa shape index (κ3) is 2.39. The summed E-state index contributed by atoms with van der Waals surface area (Å²) in [6, 6.07) is 12.2. The van der Waals surface area contributed by atoms with Gasteiger partial charge in [0.15, 0.2) is 0 Å². The van der Waals surface area contributed by atoms with E-state index < -0.39 is 0 Å². The van der Waals surface area contributed by atoms with E-state index in [0.29, 0.717) is 0 Å². The van der Waals surface area contributed by atoms with Gasteiger partial charge in [0.05, 0.1) is 6.54 Å². The van der Waals surface area contributed by atoms with Gasteiger partial charge < -0.3 is 10.3 Å². The fourth-order valence-corrected chi connectivity index (χ4v) is 1.67. The summed E-state index contributed by atoms with van der Waals surface area (Å²) in [7, 11) is 0. The Morgan fingerprint density at radius 3 is 2.86 bits per heavy atom. The second-order valence-corrected chi connectivity index (χ2v) is 3.97. The highest BCUT2D eigenvalue weighted by Gasteiger charge is 1.94. The molecule has 0 unspecified atom stereocenters. The Labute approximate surface area is 91.5 Å². The molecule has 3 heteroatoms. The summed E-state index contributed by atoms with van der Waals surface area (Å²) in [5, 5.41) is 3.33. The third-order valence-electron chi connectivity index (χ3n) is 1.97. The topological polar surface area (TPSA) is 27.8 Å². The molecule has 0 radical (unpaired) electrons. The number of halogens is 1. The van der Waals surface area contributed by atoms with Gasteiger partial charge in [-0.15, -0.1) is 0 Å². The minimum Gasteiger partial charge on any atom is -0.379 e. The molecule has 0 amide bonds. The maximum Gasteiger partial charge on any atom is 0.0551 e. The number of aromatic amines is 1. The van der Waals surface area contributed by atoms with E-state index in [9.17, 15) is 0 Å². The van der Waals surface area contributed by atoms with Gasteiger partial charge in [0, 0.05) is 22.1 Å². The predicted molar refractivity (Wildman–Crippen MR) is 62.3 cm³/mol. The molecule has 1 aromatic carbocycles. The van der Waals surface area contributed by atoms with E-state index in [-0.39, 0.29) is 0 Å². The van der Waals surface area contributed by atoms with Crippen LogP contribution in [0.2, 0.25) is 0 Å². The molecule has 0 saturated carbocycles. The quantitative estimate of drug-likeness (QED) is 0.859. The molecule has 0 atom stereocenters. The number of hydrogen-bond donors (Lipinski definition) is 2. The molecule has 0 aliphatic rings. The van der Waals surface area contributed by atoms with E-state index in [4.69, 9.17) is 0 Å². The first kappa shape index (κ1) is 9.34. The van der Waals surface area contributed by atoms with E-state index in [0.717, 1.165) is 16.7 Å². The molecule has 2 N–H and O–H groups in total. The van der Waals surface area contributed by atoms with Gasteiger partial charge in [0.2, 0.25) is 0 Å². The van der Waals surface area contributed by atoms with Crippen LogP contribution >= 0.6 is 15.9 Å². The number of benzene rings is 1. The number of anilines is 1. The van der Waals surface area contributed by atoms with Crippen LogP contribution in [0.4, 0.5) is 5.69 Å². The zero-order chi connectivity index (χ0) is 9.80. The summed E-state index contributed by atoms with van der Waals surface area (Å²) in [5.74, 6) is 0. The highest BCUT2D eigenvalue weighted by Crippen LogP contribution is 2.16. The Kier molecular flexibility index (Phi) is 2.89. The summed E-state index contributed by atoms with van der Waals surface area (Å²) in [6.45, 7) is 0.823. The highest BCUT2D eigenvalue weighted by molar-refractivity contribution is 9.10. The molecule has 0 bridgehead atoms. The molecular weight excluding hydrogens is 240 g/mol. The van der Waals surface area contributed by atoms with Gasteiger partial charge in [0.25, 0.3) is 0 Å². The van der Waals surface area contributed by atoms with Crippen molar-refractivity contribution in [1.29, 1.82) is 0 Å². The van der Waals surface area contributed by atoms with E-state index in [1.165, 1.54) is 5.69 Å². The number of H-pyrrole nitrogens is 1. The molecule has 0 fully saturated rings. The molecule has 1 aromatic heterocycles. The van der Waals surface area contributed by atoms with Crippen molar-refractivity contribution in [1.82, 2.24) is 4.98 Å². The number of aromatic nitrogens is 1. The molecule has 0 saturated heterocycles. The van der Waals surface area contributed by atoms with Crippen LogP contribution in [-0.2, 0) is 6.54 Å². The largest absolute Gasteiger partial charge is 0.379 e. The van der Waals surface area contributed by atoms with Gasteiger partial charge in [-0.25, -0.2) is 0 Å². The standard InChI is InChI=1S/C11H11BrN2/c12-9-3-1-4-10(7-9)14-8-11-5-2-6-13-11/h1-7,13-14H,8H2. The van der Waals surface area contributed by atoms with Crippen LogP contribution in [0, 0.1) is 0 Å². The van der Waals surface area contributed by atoms with Crippen LogP contribution in [0.3, 0.4) is 0 Å². The summed E-state index contributed by atoms with van der Waals surface area (Å²) < 4.78 is 1.09. The monoisotopic (exact) mass is 250 g/mol. The summed E-state index contributed by atoms with van der Waals surface area (Å²) in [4.78, 5) is 3.15. The summed E-state index contributed by atoms with van der Waals surface area (Å²) in [5.41, 5.74) is 2.30. The first-order chi connectivity index (χ1) is 6.84. The van der Waals surface area contributed by atoms with Crippen molar-refractivity contribution in [3.8, 4) is 0 Å². The molecule has 0 aliphatic heterocycles. The average Bonchev–Trinajstić information content (AvgIpc) is 2.67. The second kappa shape index (κ2) is 4.33. The zero-order valence-corrected chi connectivity index (χ0v) is 9.21. The number of nitrogens with one attached hydrogen (secondary N) is 2. The van der Waals surface area contributed by atoms with Gasteiger partial charge in [0.1, 0.15) is 0 Å². The first-order valence-electron chi connectivity index (χ1n) is 4.46. The SMILES string of the molecule is Brc1cccc(NCc2ccc[nH]2)c1. The minimum atomic E-state index is 0.823. The zero-order valence-electron chi connectivity index (χ0n) is 7.63. The Bertz CT molecular complexity index is 395. The van der Waals surface area contributed by atoms with E-state index in [1.54, 1.807) is 0 Å². The minimum absolute atomic E-state index is 0.823. The smallest absolute Gasteiger partial charge is 0.0551 e. The Morgan fingerprint density at radius 1 is 1.21 bits per heavy atom. The average molecular weight is 251 g/mol. The molecule has 1 heterocycles. The van der Waals surface area contributed by atoms with Crippen molar-refractivity contribution in [2.75, 3.05) is 5.32 Å². The van der Waals surface area contributed by atoms with E-state index in [1.807, 2.05) is 30.5 Å². The number of hydrogen-bond acceptors (Lipinski definition) is 1. The maximum absolute atomic E-state index is 3.43. The van der Waals surface area contributed by atoms with Gasteiger partial charge in [-0.2, -0.15) is 0 Å². The molecule has 2 nitrogen and oxygen atoms in total. The lowest BCUT2D eigenvalue weighted by atomic mass is 10.3. The van der Waals surface area contributed by atoms with Crippen LogP contribution in [0.5, 0.6) is 0 Å². The van der Waals surface area contributed by atoms with Gasteiger partial charge in [-0.05, 0) is 30.3 Å². The Hall–Kier alpha value is -1.22. The first-order valence-corrected chi connectivity index (χ1v) is 5.25. The Morgan fingerprint density at radius 2 is 2.14 bits per heavy atom. The second-order valence-electron chi connectivity index (χ2n) is 3.06. The lowest BCUT2D eigenvalue weighted by molar-refractivity contribution is 1.07. The molecule has 2 aromatic rings. The van der Waals surface area contributed by atoms with Crippen molar-refractivity contribution in [3.63, 3.8) is 0 Å². The normalized spacial score (nSPS) is 10.1. The summed E-state index contributed by atoms with van der Waals surface area (Å²) >= 11 is 3.43. The molecule has 0 aliphatic carbocycles. The maximum atomic E-state index is 3.43. The molecule has 0 spiro atoms. The lowest BCUT2D eigenvalue weighted by Gasteiger charge is -2.04. The fourth-order valence-electron chi connectivity index (χ4n) is 1.27. The predicted octanol–water partition coefficient (Wildman–Crippen LogP) is 3.39. The molecule has 72 valence electrons. The number of rotatable bonds is 3. The van der Waals surface area contributed by atoms with Crippen LogP contribution in [0.25, 0.3) is 0 Å². The van der Waals surface area contributed by atoms with Gasteiger partial charge in [-0.1, -0.05) is 22.0 Å². The molecular formula is C11H11BrN2. The van der Waals surface area contributed by atoms with Crippen molar-refractivity contribution in [2.24, 2.45) is 0 Å². The molecule has 2 rings (SSSR count). The van der Waals surface area contributed by atoms with E-state index >= 15 is 0 Å². The summed E-state index contributed by atoms with van der Waals surface area (Å²) in [6.07, 6.45) is 1.93. The highest BCUT2D eigenvalue weighted by atomic mass is 79.9. The lowest BCUT2D eigenvalue weighted by Crippen LogP contribution is -1.98. The van der Waals surface area contributed by atoms with E-state index in [2.05, 4.69) is 38.4 Å².